The van der Waals surface area contributed by atoms with Gasteiger partial charge in [-0.05, 0) is 43.4 Å². The molecule has 0 spiro atoms. The summed E-state index contributed by atoms with van der Waals surface area (Å²) in [5.74, 6) is 2.16. The highest BCUT2D eigenvalue weighted by atomic mass is 16.3. The van der Waals surface area contributed by atoms with E-state index in [1.54, 1.807) is 0 Å². The van der Waals surface area contributed by atoms with Crippen LogP contribution in [-0.2, 0) is 11.2 Å². The molecule has 1 amide bonds. The zero-order valence-electron chi connectivity index (χ0n) is 14.1. The number of aliphatic hydroxyl groups is 1. The molecule has 1 aromatic carbocycles. The van der Waals surface area contributed by atoms with Gasteiger partial charge in [0, 0.05) is 25.9 Å². The van der Waals surface area contributed by atoms with Crippen LogP contribution in [0.3, 0.4) is 0 Å². The summed E-state index contributed by atoms with van der Waals surface area (Å²) in [5.41, 5.74) is 0.968. The van der Waals surface area contributed by atoms with E-state index in [0.29, 0.717) is 12.8 Å². The summed E-state index contributed by atoms with van der Waals surface area (Å²) in [7, 11) is 0. The quantitative estimate of drug-likeness (QED) is 0.914. The van der Waals surface area contributed by atoms with E-state index in [0.717, 1.165) is 43.0 Å². The van der Waals surface area contributed by atoms with E-state index in [2.05, 4.69) is 0 Å². The lowest BCUT2D eigenvalue weighted by Gasteiger charge is -2.34. The molecule has 1 aromatic heterocycles. The third-order valence-electron chi connectivity index (χ3n) is 4.86. The van der Waals surface area contributed by atoms with Crippen LogP contribution in [0.5, 0.6) is 0 Å². The van der Waals surface area contributed by atoms with Gasteiger partial charge in [0.25, 0.3) is 0 Å². The Kier molecular flexibility index (Phi) is 5.36. The molecule has 3 rings (SSSR count). The molecule has 4 heteroatoms. The van der Waals surface area contributed by atoms with Crippen molar-refractivity contribution in [2.45, 2.75) is 38.7 Å². The first-order valence-corrected chi connectivity index (χ1v) is 8.69. The number of aliphatic hydroxyl groups excluding tert-OH is 1. The second kappa shape index (κ2) is 7.67. The SMILES string of the molecule is Cc1ccc(CCC(=O)N2CCC(C(O)c3ccccc3)CC2)o1. The predicted octanol–water partition coefficient (Wildman–Crippen LogP) is 3.49. The minimum Gasteiger partial charge on any atom is -0.466 e. The maximum absolute atomic E-state index is 12.3. The average molecular weight is 327 g/mol. The van der Waals surface area contributed by atoms with Gasteiger partial charge in [0.05, 0.1) is 6.10 Å². The van der Waals surface area contributed by atoms with Crippen LogP contribution in [0.4, 0.5) is 0 Å². The molecule has 0 aliphatic carbocycles. The van der Waals surface area contributed by atoms with Crippen LogP contribution in [0, 0.1) is 12.8 Å². The smallest absolute Gasteiger partial charge is 0.223 e. The first-order valence-electron chi connectivity index (χ1n) is 8.69. The first kappa shape index (κ1) is 16.8. The number of hydrogen-bond acceptors (Lipinski definition) is 3. The minimum atomic E-state index is -0.436. The van der Waals surface area contributed by atoms with Gasteiger partial charge in [-0.25, -0.2) is 0 Å². The van der Waals surface area contributed by atoms with Gasteiger partial charge in [-0.3, -0.25) is 4.79 Å². The number of hydrogen-bond donors (Lipinski definition) is 1. The molecule has 1 saturated heterocycles. The number of benzene rings is 1. The molecular formula is C20H25NO3. The Labute approximate surface area is 143 Å². The highest BCUT2D eigenvalue weighted by molar-refractivity contribution is 5.76. The van der Waals surface area contributed by atoms with Gasteiger partial charge in [0.1, 0.15) is 11.5 Å². The van der Waals surface area contributed by atoms with Crippen LogP contribution in [0.25, 0.3) is 0 Å². The maximum Gasteiger partial charge on any atom is 0.223 e. The van der Waals surface area contributed by atoms with Crippen LogP contribution in [-0.4, -0.2) is 29.0 Å². The standard InChI is InChI=1S/C20H25NO3/c1-15-7-8-18(24-15)9-10-19(22)21-13-11-17(12-14-21)20(23)16-5-3-2-4-6-16/h2-8,17,20,23H,9-14H2,1H3. The molecule has 2 aromatic rings. The summed E-state index contributed by atoms with van der Waals surface area (Å²) < 4.78 is 5.51. The van der Waals surface area contributed by atoms with Crippen molar-refractivity contribution in [3.63, 3.8) is 0 Å². The van der Waals surface area contributed by atoms with Crippen molar-refractivity contribution in [1.29, 1.82) is 0 Å². The molecule has 1 unspecified atom stereocenters. The molecule has 4 nitrogen and oxygen atoms in total. The Morgan fingerprint density at radius 2 is 1.92 bits per heavy atom. The summed E-state index contributed by atoms with van der Waals surface area (Å²) >= 11 is 0. The number of likely N-dealkylation sites (tertiary alicyclic amines) is 1. The van der Waals surface area contributed by atoms with Gasteiger partial charge in [-0.2, -0.15) is 0 Å². The average Bonchev–Trinajstić information content (AvgIpc) is 3.05. The van der Waals surface area contributed by atoms with Crippen molar-refractivity contribution < 1.29 is 14.3 Å². The van der Waals surface area contributed by atoms with Crippen molar-refractivity contribution in [2.24, 2.45) is 5.92 Å². The van der Waals surface area contributed by atoms with E-state index in [1.165, 1.54) is 0 Å². The van der Waals surface area contributed by atoms with E-state index in [9.17, 15) is 9.90 Å². The maximum atomic E-state index is 12.3. The van der Waals surface area contributed by atoms with Gasteiger partial charge in [0.15, 0.2) is 0 Å². The number of carbonyl (C=O) groups excluding carboxylic acids is 1. The molecule has 1 aliphatic heterocycles. The summed E-state index contributed by atoms with van der Waals surface area (Å²) in [6.07, 6.45) is 2.40. The lowest BCUT2D eigenvalue weighted by Crippen LogP contribution is -2.39. The normalized spacial score (nSPS) is 17.0. The number of carbonyl (C=O) groups is 1. The summed E-state index contributed by atoms with van der Waals surface area (Å²) in [6.45, 7) is 3.36. The van der Waals surface area contributed by atoms with E-state index in [1.807, 2.05) is 54.3 Å². The van der Waals surface area contributed by atoms with Crippen molar-refractivity contribution in [3.05, 3.63) is 59.5 Å². The van der Waals surface area contributed by atoms with E-state index in [4.69, 9.17) is 4.42 Å². The molecule has 1 fully saturated rings. The number of piperidine rings is 1. The highest BCUT2D eigenvalue weighted by Gasteiger charge is 2.28. The monoisotopic (exact) mass is 327 g/mol. The minimum absolute atomic E-state index is 0.178. The van der Waals surface area contributed by atoms with Crippen LogP contribution in [0.15, 0.2) is 46.9 Å². The lowest BCUT2D eigenvalue weighted by atomic mass is 9.87. The fourth-order valence-electron chi connectivity index (χ4n) is 3.39. The van der Waals surface area contributed by atoms with Gasteiger partial charge < -0.3 is 14.4 Å². The Hall–Kier alpha value is -2.07. The van der Waals surface area contributed by atoms with Gasteiger partial charge >= 0.3 is 0 Å². The molecule has 2 heterocycles. The fraction of sp³-hybridized carbons (Fsp3) is 0.450. The molecule has 0 radical (unpaired) electrons. The van der Waals surface area contributed by atoms with E-state index >= 15 is 0 Å². The van der Waals surface area contributed by atoms with Crippen LogP contribution in [0.2, 0.25) is 0 Å². The summed E-state index contributed by atoms with van der Waals surface area (Å²) in [6, 6.07) is 13.7. The third kappa shape index (κ3) is 4.06. The summed E-state index contributed by atoms with van der Waals surface area (Å²) in [4.78, 5) is 14.3. The Morgan fingerprint density at radius 3 is 2.54 bits per heavy atom. The molecule has 24 heavy (non-hydrogen) atoms. The van der Waals surface area contributed by atoms with Crippen LogP contribution < -0.4 is 0 Å². The Morgan fingerprint density at radius 1 is 1.21 bits per heavy atom. The van der Waals surface area contributed by atoms with Gasteiger partial charge in [0.2, 0.25) is 5.91 Å². The van der Waals surface area contributed by atoms with E-state index < -0.39 is 6.10 Å². The van der Waals surface area contributed by atoms with Crippen molar-refractivity contribution in [3.8, 4) is 0 Å². The summed E-state index contributed by atoms with van der Waals surface area (Å²) in [5, 5.41) is 10.5. The number of furan rings is 1. The zero-order valence-corrected chi connectivity index (χ0v) is 14.1. The molecule has 0 saturated carbocycles. The van der Waals surface area contributed by atoms with E-state index in [-0.39, 0.29) is 11.8 Å². The molecule has 0 bridgehead atoms. The van der Waals surface area contributed by atoms with Gasteiger partial charge in [-0.1, -0.05) is 30.3 Å². The second-order valence-electron chi connectivity index (χ2n) is 6.59. The second-order valence-corrected chi connectivity index (χ2v) is 6.59. The molecule has 128 valence electrons. The molecule has 1 atom stereocenters. The number of nitrogens with zero attached hydrogens (tertiary/aromatic N) is 1. The Bertz CT molecular complexity index is 657. The van der Waals surface area contributed by atoms with Crippen LogP contribution in [0.1, 0.15) is 42.5 Å². The molecular weight excluding hydrogens is 302 g/mol. The largest absolute Gasteiger partial charge is 0.466 e. The van der Waals surface area contributed by atoms with Crippen molar-refractivity contribution >= 4 is 5.91 Å². The predicted molar refractivity (Wildman–Crippen MR) is 92.5 cm³/mol. The fourth-order valence-corrected chi connectivity index (χ4v) is 3.39. The first-order chi connectivity index (χ1) is 11.6. The zero-order chi connectivity index (χ0) is 16.9. The number of rotatable bonds is 5. The lowest BCUT2D eigenvalue weighted by molar-refractivity contribution is -0.133. The Balaban J connectivity index is 1.47. The number of aryl methyl sites for hydroxylation is 2. The van der Waals surface area contributed by atoms with Gasteiger partial charge in [-0.15, -0.1) is 0 Å². The highest BCUT2D eigenvalue weighted by Crippen LogP contribution is 2.30. The molecule has 1 aliphatic rings. The van der Waals surface area contributed by atoms with Crippen LogP contribution >= 0.6 is 0 Å². The number of amides is 1. The van der Waals surface area contributed by atoms with Crippen molar-refractivity contribution in [1.82, 2.24) is 4.90 Å². The topological polar surface area (TPSA) is 53.7 Å². The van der Waals surface area contributed by atoms with Crippen molar-refractivity contribution in [2.75, 3.05) is 13.1 Å². The molecule has 1 N–H and O–H groups in total. The third-order valence-corrected chi connectivity index (χ3v) is 4.86.